The third kappa shape index (κ3) is 4.64. The number of halogens is 2. The topological polar surface area (TPSA) is 26.3 Å². The molecule has 4 heteroatoms. The van der Waals surface area contributed by atoms with Gasteiger partial charge in [0.1, 0.15) is 6.11 Å². The van der Waals surface area contributed by atoms with Gasteiger partial charge in [0, 0.05) is 26.5 Å². The first kappa shape index (κ1) is 8.49. The highest BCUT2D eigenvalue weighted by atomic mass is 127. The van der Waals surface area contributed by atoms with Crippen molar-refractivity contribution in [2.45, 2.75) is 0 Å². The molecule has 0 spiro atoms. The lowest BCUT2D eigenvalue weighted by Gasteiger charge is -1.84. The Morgan fingerprint density at radius 1 is 1.75 bits per heavy atom. The van der Waals surface area contributed by atoms with E-state index in [9.17, 15) is 4.79 Å². The molecule has 0 atom stereocenters. The van der Waals surface area contributed by atoms with Gasteiger partial charge < -0.3 is 4.74 Å². The second-order valence-corrected chi connectivity index (χ2v) is 2.11. The van der Waals surface area contributed by atoms with Gasteiger partial charge in [0.05, 0.1) is 4.43 Å². The van der Waals surface area contributed by atoms with Crippen LogP contribution in [0.4, 0.5) is 0 Å². The van der Waals surface area contributed by atoms with Crippen molar-refractivity contribution < 1.29 is 9.53 Å². The molecule has 0 aromatic carbocycles. The quantitative estimate of drug-likeness (QED) is 0.313. The van der Waals surface area contributed by atoms with Gasteiger partial charge in [0.25, 0.3) is 0 Å². The molecule has 0 heterocycles. The van der Waals surface area contributed by atoms with Crippen LogP contribution in [0.2, 0.25) is 0 Å². The van der Waals surface area contributed by atoms with Crippen LogP contribution in [0.1, 0.15) is 0 Å². The Morgan fingerprint density at radius 3 is 2.75 bits per heavy atom. The molecule has 0 unspecified atom stereocenters. The maximum atomic E-state index is 10.2. The number of carbonyl (C=O) groups is 1. The predicted octanol–water partition coefficient (Wildman–Crippen LogP) is 1.32. The maximum Gasteiger partial charge on any atom is 0.329 e. The van der Waals surface area contributed by atoms with Crippen molar-refractivity contribution in [2.75, 3.05) is 4.43 Å². The number of esters is 1. The van der Waals surface area contributed by atoms with Gasteiger partial charge >= 0.3 is 5.97 Å². The number of ether oxygens (including phenoxy) is 1. The van der Waals surface area contributed by atoms with Crippen molar-refractivity contribution in [2.24, 2.45) is 0 Å². The molecule has 0 aromatic heterocycles. The average molecular weight is 336 g/mol. The first-order valence-electron chi connectivity index (χ1n) is 1.67. The summed E-state index contributed by atoms with van der Waals surface area (Å²) >= 11 is 3.70. The maximum absolute atomic E-state index is 10.2. The highest BCUT2D eigenvalue weighted by Gasteiger charge is 1.93. The van der Waals surface area contributed by atoms with E-state index >= 15 is 0 Å². The molecule has 0 fully saturated rings. The van der Waals surface area contributed by atoms with Crippen LogP contribution in [0.25, 0.3) is 0 Å². The number of alkyl halides is 1. The minimum Gasteiger partial charge on any atom is -0.371 e. The van der Waals surface area contributed by atoms with E-state index in [0.29, 0.717) is 4.43 Å². The van der Waals surface area contributed by atoms with Gasteiger partial charge in [0.15, 0.2) is 0 Å². The third-order valence-electron chi connectivity index (χ3n) is 0.313. The van der Waals surface area contributed by atoms with Crippen molar-refractivity contribution in [1.29, 1.82) is 0 Å². The van der Waals surface area contributed by atoms with Gasteiger partial charge in [-0.15, -0.1) is 0 Å². The van der Waals surface area contributed by atoms with Gasteiger partial charge in [0.2, 0.25) is 0 Å². The molecule has 0 bridgehead atoms. The van der Waals surface area contributed by atoms with E-state index in [1.165, 1.54) is 0 Å². The van der Waals surface area contributed by atoms with E-state index in [0.717, 1.165) is 0 Å². The summed E-state index contributed by atoms with van der Waals surface area (Å²) < 4.78 is 7.08. The summed E-state index contributed by atoms with van der Waals surface area (Å²) in [5.41, 5.74) is 0. The molecule has 0 aliphatic heterocycles. The lowest BCUT2D eigenvalue weighted by molar-refractivity contribution is -0.133. The van der Waals surface area contributed by atoms with Crippen LogP contribution >= 0.6 is 45.2 Å². The summed E-state index contributed by atoms with van der Waals surface area (Å²) in [7, 11) is 0. The Bertz CT molecular complexity index is 133. The van der Waals surface area contributed by atoms with Crippen molar-refractivity contribution in [3.05, 3.63) is 0 Å². The fourth-order valence-corrected chi connectivity index (χ4v) is 0.369. The first-order chi connectivity index (χ1) is 3.81. The van der Waals surface area contributed by atoms with Crippen molar-refractivity contribution >= 4 is 51.2 Å². The van der Waals surface area contributed by atoms with Gasteiger partial charge in [-0.1, -0.05) is 22.6 Å². The molecular weight excluding hydrogens is 334 g/mol. The van der Waals surface area contributed by atoms with Crippen molar-refractivity contribution in [1.82, 2.24) is 0 Å². The number of rotatable bonds is 1. The summed E-state index contributed by atoms with van der Waals surface area (Å²) in [5, 5.41) is 0. The van der Waals surface area contributed by atoms with Gasteiger partial charge in [-0.3, -0.25) is 4.79 Å². The minimum absolute atomic E-state index is 0.297. The van der Waals surface area contributed by atoms with E-state index in [2.05, 4.69) is 14.8 Å². The second-order valence-electron chi connectivity index (χ2n) is 0.804. The van der Waals surface area contributed by atoms with Gasteiger partial charge in [-0.05, 0) is 0 Å². The molecule has 0 aliphatic rings. The molecule has 2 nitrogen and oxygen atoms in total. The van der Waals surface area contributed by atoms with Crippen LogP contribution in [0.5, 0.6) is 0 Å². The van der Waals surface area contributed by atoms with Crippen LogP contribution in [-0.2, 0) is 9.53 Å². The van der Waals surface area contributed by atoms with Crippen LogP contribution in [0, 0.1) is 10.0 Å². The normalized spacial score (nSPS) is 6.75. The summed E-state index contributed by atoms with van der Waals surface area (Å²) in [6.07, 6.45) is 2.18. The SMILES string of the molecule is O=C(CI)OC#CI. The second kappa shape index (κ2) is 5.62. The molecule has 44 valence electrons. The molecule has 0 amide bonds. The zero-order chi connectivity index (χ0) is 6.41. The molecular formula is C4H2I2O2. The molecule has 0 aliphatic carbocycles. The molecule has 0 rings (SSSR count). The Balaban J connectivity index is 3.35. The summed E-state index contributed by atoms with van der Waals surface area (Å²) in [5.74, 6) is -0.297. The fraction of sp³-hybridized carbons (Fsp3) is 0.250. The molecule has 0 radical (unpaired) electrons. The number of hydrogen-bond donors (Lipinski definition) is 0. The summed E-state index contributed by atoms with van der Waals surface area (Å²) in [4.78, 5) is 10.2. The summed E-state index contributed by atoms with van der Waals surface area (Å²) in [6, 6.07) is 0. The van der Waals surface area contributed by atoms with E-state index in [1.54, 1.807) is 22.6 Å². The van der Waals surface area contributed by atoms with Crippen molar-refractivity contribution in [3.63, 3.8) is 0 Å². The highest BCUT2D eigenvalue weighted by Crippen LogP contribution is 1.84. The Morgan fingerprint density at radius 2 is 2.38 bits per heavy atom. The number of carbonyl (C=O) groups excluding carboxylic acids is 1. The van der Waals surface area contributed by atoms with Gasteiger partial charge in [-0.25, -0.2) is 0 Å². The lowest BCUT2D eigenvalue weighted by Crippen LogP contribution is -1.98. The molecule has 0 N–H and O–H groups in total. The van der Waals surface area contributed by atoms with E-state index in [1.807, 2.05) is 22.6 Å². The highest BCUT2D eigenvalue weighted by molar-refractivity contribution is 14.1. The van der Waals surface area contributed by atoms with Crippen LogP contribution in [0.3, 0.4) is 0 Å². The number of hydrogen-bond acceptors (Lipinski definition) is 2. The Hall–Kier alpha value is 0.490. The monoisotopic (exact) mass is 336 g/mol. The van der Waals surface area contributed by atoms with Crippen LogP contribution in [0.15, 0.2) is 0 Å². The molecule has 0 saturated heterocycles. The Labute approximate surface area is 74.6 Å². The van der Waals surface area contributed by atoms with Gasteiger partial charge in [-0.2, -0.15) is 0 Å². The molecule has 8 heavy (non-hydrogen) atoms. The summed E-state index contributed by atoms with van der Waals surface area (Å²) in [6.45, 7) is 0. The van der Waals surface area contributed by atoms with E-state index < -0.39 is 0 Å². The first-order valence-corrected chi connectivity index (χ1v) is 4.28. The fourth-order valence-electron chi connectivity index (χ4n) is 0.103. The Kier molecular flexibility index (Phi) is 5.97. The van der Waals surface area contributed by atoms with E-state index in [-0.39, 0.29) is 5.97 Å². The largest absolute Gasteiger partial charge is 0.371 e. The average Bonchev–Trinajstić information content (AvgIpc) is 1.83. The zero-order valence-electron chi connectivity index (χ0n) is 3.78. The zero-order valence-corrected chi connectivity index (χ0v) is 8.09. The third-order valence-corrected chi connectivity index (χ3v) is 1.16. The lowest BCUT2D eigenvalue weighted by atomic mass is 10.8. The predicted molar refractivity (Wildman–Crippen MR) is 46.8 cm³/mol. The van der Waals surface area contributed by atoms with Crippen LogP contribution < -0.4 is 0 Å². The minimum atomic E-state index is -0.297. The molecule has 0 saturated carbocycles. The van der Waals surface area contributed by atoms with E-state index in [4.69, 9.17) is 0 Å². The standard InChI is InChI=1S/C4H2I2O2/c5-1-2-8-4(7)3-6/h3H2. The smallest absolute Gasteiger partial charge is 0.329 e. The van der Waals surface area contributed by atoms with Crippen molar-refractivity contribution in [3.8, 4) is 10.0 Å². The molecule has 0 aromatic rings. The van der Waals surface area contributed by atoms with Crippen LogP contribution in [-0.4, -0.2) is 10.4 Å².